The van der Waals surface area contributed by atoms with Gasteiger partial charge in [-0.15, -0.1) is 0 Å². The number of urea groups is 1. The van der Waals surface area contributed by atoms with Crippen LogP contribution in [-0.2, 0) is 4.79 Å². The van der Waals surface area contributed by atoms with Gasteiger partial charge in [-0.25, -0.2) is 14.0 Å². The van der Waals surface area contributed by atoms with Crippen molar-refractivity contribution in [1.29, 1.82) is 0 Å². The minimum atomic E-state index is -1.13. The van der Waals surface area contributed by atoms with Crippen LogP contribution >= 0.6 is 0 Å². The maximum absolute atomic E-state index is 13.2. The summed E-state index contributed by atoms with van der Waals surface area (Å²) in [7, 11) is 0. The van der Waals surface area contributed by atoms with Gasteiger partial charge in [0.2, 0.25) is 0 Å². The minimum absolute atomic E-state index is 0.00485. The van der Waals surface area contributed by atoms with Crippen molar-refractivity contribution in [3.63, 3.8) is 0 Å². The van der Waals surface area contributed by atoms with E-state index in [4.69, 9.17) is 5.11 Å². The zero-order chi connectivity index (χ0) is 12.8. The summed E-state index contributed by atoms with van der Waals surface area (Å²) in [4.78, 5) is 22.1. The third kappa shape index (κ3) is 3.75. The average Bonchev–Trinajstić information content (AvgIpc) is 2.28. The first-order valence-electron chi connectivity index (χ1n) is 5.09. The number of aliphatic carboxylic acids is 1. The van der Waals surface area contributed by atoms with Crippen LogP contribution in [0.4, 0.5) is 14.9 Å². The van der Waals surface area contributed by atoms with Crippen molar-refractivity contribution in [2.45, 2.75) is 19.4 Å². The van der Waals surface area contributed by atoms with Crippen molar-refractivity contribution in [1.82, 2.24) is 5.32 Å². The van der Waals surface area contributed by atoms with Crippen LogP contribution < -0.4 is 10.6 Å². The number of benzene rings is 1. The molecule has 0 aliphatic rings. The number of hydrogen-bond donors (Lipinski definition) is 3. The van der Waals surface area contributed by atoms with Crippen LogP contribution in [-0.4, -0.2) is 23.1 Å². The highest BCUT2D eigenvalue weighted by molar-refractivity contribution is 5.92. The quantitative estimate of drug-likeness (QED) is 0.751. The van der Waals surface area contributed by atoms with E-state index >= 15 is 0 Å². The van der Waals surface area contributed by atoms with E-state index < -0.39 is 23.9 Å². The fourth-order valence-electron chi connectivity index (χ4n) is 1.22. The summed E-state index contributed by atoms with van der Waals surface area (Å²) < 4.78 is 13.2. The Labute approximate surface area is 97.6 Å². The summed E-state index contributed by atoms with van der Waals surface area (Å²) in [5.41, 5.74) is 0.00485. The molecule has 1 aromatic rings. The second-order valence-electron chi connectivity index (χ2n) is 3.38. The third-order valence-corrected chi connectivity index (χ3v) is 2.13. The summed E-state index contributed by atoms with van der Waals surface area (Å²) in [6, 6.07) is 3.91. The van der Waals surface area contributed by atoms with Crippen LogP contribution in [0, 0.1) is 5.82 Å². The highest BCUT2D eigenvalue weighted by Gasteiger charge is 2.17. The predicted octanol–water partition coefficient (Wildman–Crippen LogP) is 1.81. The fraction of sp³-hybridized carbons (Fsp3) is 0.273. The number of nitrogens with one attached hydrogen (secondary N) is 2. The lowest BCUT2D eigenvalue weighted by atomic mass is 10.2. The summed E-state index contributed by atoms with van der Waals surface area (Å²) in [5, 5.41) is 13.2. The van der Waals surface area contributed by atoms with Crippen molar-refractivity contribution in [3.05, 3.63) is 30.1 Å². The first-order chi connectivity index (χ1) is 8.04. The van der Waals surface area contributed by atoms with Crippen molar-refractivity contribution < 1.29 is 19.1 Å². The average molecular weight is 240 g/mol. The number of rotatable bonds is 4. The fourth-order valence-corrected chi connectivity index (χ4v) is 1.22. The predicted molar refractivity (Wildman–Crippen MR) is 60.3 cm³/mol. The molecule has 2 amide bonds. The van der Waals surface area contributed by atoms with Gasteiger partial charge in [0.05, 0.1) is 5.69 Å². The van der Waals surface area contributed by atoms with Crippen LogP contribution in [0.2, 0.25) is 0 Å². The van der Waals surface area contributed by atoms with Gasteiger partial charge in [0.1, 0.15) is 11.9 Å². The van der Waals surface area contributed by atoms with Gasteiger partial charge in [-0.1, -0.05) is 19.1 Å². The molecular formula is C11H13FN2O3. The van der Waals surface area contributed by atoms with Gasteiger partial charge in [0.25, 0.3) is 0 Å². The molecule has 1 rings (SSSR count). The SMILES string of the molecule is CC[C@@H](NC(=O)Nc1ccccc1F)C(=O)O. The maximum atomic E-state index is 13.2. The molecule has 0 aliphatic carbocycles. The maximum Gasteiger partial charge on any atom is 0.326 e. The number of para-hydroxylation sites is 1. The van der Waals surface area contributed by atoms with E-state index in [1.165, 1.54) is 18.2 Å². The van der Waals surface area contributed by atoms with Gasteiger partial charge < -0.3 is 15.7 Å². The van der Waals surface area contributed by atoms with E-state index in [-0.39, 0.29) is 12.1 Å². The van der Waals surface area contributed by atoms with Crippen molar-refractivity contribution in [2.24, 2.45) is 0 Å². The Morgan fingerprint density at radius 3 is 2.59 bits per heavy atom. The molecule has 0 radical (unpaired) electrons. The number of carboxylic acids is 1. The lowest BCUT2D eigenvalue weighted by molar-refractivity contribution is -0.139. The molecule has 92 valence electrons. The van der Waals surface area contributed by atoms with Gasteiger partial charge in [0.15, 0.2) is 0 Å². The Bertz CT molecular complexity index is 423. The Hall–Kier alpha value is -2.11. The summed E-state index contributed by atoms with van der Waals surface area (Å²) in [5.74, 6) is -1.71. The highest BCUT2D eigenvalue weighted by Crippen LogP contribution is 2.11. The van der Waals surface area contributed by atoms with Gasteiger partial charge in [-0.3, -0.25) is 0 Å². The van der Waals surface area contributed by atoms with E-state index in [9.17, 15) is 14.0 Å². The molecular weight excluding hydrogens is 227 g/mol. The molecule has 3 N–H and O–H groups in total. The molecule has 0 heterocycles. The largest absolute Gasteiger partial charge is 0.480 e. The third-order valence-electron chi connectivity index (χ3n) is 2.13. The number of anilines is 1. The first kappa shape index (κ1) is 13.0. The summed E-state index contributed by atoms with van der Waals surface area (Å²) in [6.45, 7) is 1.63. The normalized spacial score (nSPS) is 11.6. The van der Waals surface area contributed by atoms with E-state index in [1.807, 2.05) is 0 Å². The molecule has 0 aromatic heterocycles. The Morgan fingerprint density at radius 2 is 2.06 bits per heavy atom. The van der Waals surface area contributed by atoms with Gasteiger partial charge >= 0.3 is 12.0 Å². The Balaban J connectivity index is 2.61. The molecule has 6 heteroatoms. The molecule has 0 saturated heterocycles. The number of hydrogen-bond acceptors (Lipinski definition) is 2. The van der Waals surface area contributed by atoms with E-state index in [0.717, 1.165) is 0 Å². The second kappa shape index (κ2) is 5.83. The molecule has 1 aromatic carbocycles. The van der Waals surface area contributed by atoms with Crippen molar-refractivity contribution in [2.75, 3.05) is 5.32 Å². The zero-order valence-electron chi connectivity index (χ0n) is 9.24. The summed E-state index contributed by atoms with van der Waals surface area (Å²) >= 11 is 0. The molecule has 0 spiro atoms. The molecule has 1 atom stereocenters. The standard InChI is InChI=1S/C11H13FN2O3/c1-2-8(10(15)16)13-11(17)14-9-6-4-3-5-7(9)12/h3-6,8H,2H2,1H3,(H,15,16)(H2,13,14,17)/t8-/m1/s1. The van der Waals surface area contributed by atoms with Gasteiger partial charge in [-0.2, -0.15) is 0 Å². The van der Waals surface area contributed by atoms with E-state index in [0.29, 0.717) is 0 Å². The summed E-state index contributed by atoms with van der Waals surface area (Å²) in [6.07, 6.45) is 0.250. The van der Waals surface area contributed by atoms with E-state index in [1.54, 1.807) is 13.0 Å². The number of carboxylic acid groups (broad SMARTS) is 1. The Morgan fingerprint density at radius 1 is 1.41 bits per heavy atom. The van der Waals surface area contributed by atoms with Gasteiger partial charge in [0, 0.05) is 0 Å². The van der Waals surface area contributed by atoms with Crippen LogP contribution in [0.15, 0.2) is 24.3 Å². The molecule has 0 aliphatic heterocycles. The molecule has 0 unspecified atom stereocenters. The van der Waals surface area contributed by atoms with Crippen LogP contribution in [0.1, 0.15) is 13.3 Å². The minimum Gasteiger partial charge on any atom is -0.480 e. The van der Waals surface area contributed by atoms with Gasteiger partial charge in [-0.05, 0) is 18.6 Å². The molecule has 17 heavy (non-hydrogen) atoms. The van der Waals surface area contributed by atoms with Crippen LogP contribution in [0.5, 0.6) is 0 Å². The van der Waals surface area contributed by atoms with Crippen molar-refractivity contribution in [3.8, 4) is 0 Å². The second-order valence-corrected chi connectivity index (χ2v) is 3.38. The zero-order valence-corrected chi connectivity index (χ0v) is 9.24. The van der Waals surface area contributed by atoms with Crippen molar-refractivity contribution >= 4 is 17.7 Å². The van der Waals surface area contributed by atoms with Crippen LogP contribution in [0.25, 0.3) is 0 Å². The molecule has 0 saturated carbocycles. The lowest BCUT2D eigenvalue weighted by Crippen LogP contribution is -2.42. The molecule has 0 fully saturated rings. The lowest BCUT2D eigenvalue weighted by Gasteiger charge is -2.13. The first-order valence-corrected chi connectivity index (χ1v) is 5.09. The number of amides is 2. The smallest absolute Gasteiger partial charge is 0.326 e. The highest BCUT2D eigenvalue weighted by atomic mass is 19.1. The number of halogens is 1. The molecule has 0 bridgehead atoms. The van der Waals surface area contributed by atoms with Crippen LogP contribution in [0.3, 0.4) is 0 Å². The number of carbonyl (C=O) groups is 2. The topological polar surface area (TPSA) is 78.4 Å². The Kier molecular flexibility index (Phi) is 4.45. The molecule has 5 nitrogen and oxygen atoms in total. The number of carbonyl (C=O) groups excluding carboxylic acids is 1. The van der Waals surface area contributed by atoms with E-state index in [2.05, 4.69) is 10.6 Å². The monoisotopic (exact) mass is 240 g/mol.